The first-order valence-electron chi connectivity index (χ1n) is 7.75. The van der Waals surface area contributed by atoms with Gasteiger partial charge in [-0.25, -0.2) is 9.97 Å². The molecule has 23 heavy (non-hydrogen) atoms. The highest BCUT2D eigenvalue weighted by molar-refractivity contribution is 7.98. The number of nitrogens with zero attached hydrogens (tertiary/aromatic N) is 3. The van der Waals surface area contributed by atoms with Crippen LogP contribution in [0.2, 0.25) is 0 Å². The van der Waals surface area contributed by atoms with Gasteiger partial charge in [0.05, 0.1) is 24.3 Å². The maximum absolute atomic E-state index is 5.82. The van der Waals surface area contributed by atoms with Gasteiger partial charge < -0.3 is 20.8 Å². The van der Waals surface area contributed by atoms with Gasteiger partial charge >= 0.3 is 0 Å². The molecule has 0 radical (unpaired) electrons. The lowest BCUT2D eigenvalue weighted by Gasteiger charge is -2.11. The average Bonchev–Trinajstić information content (AvgIpc) is 3.18. The third-order valence-electron chi connectivity index (χ3n) is 3.84. The highest BCUT2D eigenvalue weighted by Crippen LogP contribution is 2.25. The minimum absolute atomic E-state index is 0.316. The summed E-state index contributed by atoms with van der Waals surface area (Å²) in [7, 11) is 0. The van der Waals surface area contributed by atoms with Crippen molar-refractivity contribution < 1.29 is 4.74 Å². The van der Waals surface area contributed by atoms with Crippen LogP contribution < -0.4 is 11.1 Å². The van der Waals surface area contributed by atoms with Crippen molar-refractivity contribution >= 4 is 23.5 Å². The molecule has 0 aliphatic carbocycles. The van der Waals surface area contributed by atoms with Gasteiger partial charge in [-0.1, -0.05) is 0 Å². The Balaban J connectivity index is 1.47. The van der Waals surface area contributed by atoms with Crippen LogP contribution in [0, 0.1) is 6.92 Å². The van der Waals surface area contributed by atoms with E-state index in [-0.39, 0.29) is 0 Å². The summed E-state index contributed by atoms with van der Waals surface area (Å²) in [6.45, 7) is 4.37. The molecule has 2 aromatic rings. The molecule has 0 spiro atoms. The van der Waals surface area contributed by atoms with Gasteiger partial charge in [-0.05, 0) is 13.3 Å². The molecule has 1 saturated heterocycles. The molecule has 1 atom stereocenters. The van der Waals surface area contributed by atoms with Crippen molar-refractivity contribution in [2.24, 2.45) is 0 Å². The van der Waals surface area contributed by atoms with Crippen LogP contribution in [0.5, 0.6) is 0 Å². The van der Waals surface area contributed by atoms with E-state index in [1.165, 1.54) is 0 Å². The Morgan fingerprint density at radius 3 is 3.13 bits per heavy atom. The molecule has 0 saturated carbocycles. The molecular formula is C15H22N6OS. The molecule has 0 amide bonds. The fourth-order valence-corrected chi connectivity index (χ4v) is 3.38. The van der Waals surface area contributed by atoms with E-state index < -0.39 is 0 Å². The number of H-pyrrole nitrogens is 1. The summed E-state index contributed by atoms with van der Waals surface area (Å²) in [5.41, 5.74) is 9.04. The minimum Gasteiger partial charge on any atom is -0.381 e. The zero-order valence-electron chi connectivity index (χ0n) is 13.2. The Hall–Kier alpha value is -1.80. The number of ether oxygens (including phenoxy) is 1. The molecular weight excluding hydrogens is 312 g/mol. The standard InChI is InChI=1S/C15H22N6OS/c1-10-13(19-9-18-10)8-23-5-3-17-14-6-12(20-15(16)21-14)11-2-4-22-7-11/h6,9,11H,2-5,7-8H2,1H3,(H,18,19)(H3,16,17,20,21)/t11-/m0/s1. The normalized spacial score (nSPS) is 17.5. The minimum atomic E-state index is 0.316. The van der Waals surface area contributed by atoms with Crippen molar-refractivity contribution in [3.63, 3.8) is 0 Å². The molecule has 0 unspecified atom stereocenters. The van der Waals surface area contributed by atoms with Gasteiger partial charge in [0.15, 0.2) is 0 Å². The lowest BCUT2D eigenvalue weighted by molar-refractivity contribution is 0.193. The quantitative estimate of drug-likeness (QED) is 0.665. The summed E-state index contributed by atoms with van der Waals surface area (Å²) in [4.78, 5) is 16.0. The molecule has 1 aliphatic rings. The van der Waals surface area contributed by atoms with Crippen molar-refractivity contribution in [1.82, 2.24) is 19.9 Å². The molecule has 2 aromatic heterocycles. The van der Waals surface area contributed by atoms with E-state index in [9.17, 15) is 0 Å². The number of imidazole rings is 1. The summed E-state index contributed by atoms with van der Waals surface area (Å²) in [6.07, 6.45) is 2.73. The van der Waals surface area contributed by atoms with Gasteiger partial charge in [0.1, 0.15) is 5.82 Å². The summed E-state index contributed by atoms with van der Waals surface area (Å²) < 4.78 is 5.42. The van der Waals surface area contributed by atoms with E-state index in [4.69, 9.17) is 10.5 Å². The van der Waals surface area contributed by atoms with Crippen LogP contribution in [0.25, 0.3) is 0 Å². The topological polar surface area (TPSA) is 102 Å². The van der Waals surface area contributed by atoms with Gasteiger partial charge in [0, 0.05) is 42.3 Å². The number of hydrogen-bond acceptors (Lipinski definition) is 7. The molecule has 3 rings (SSSR count). The Morgan fingerprint density at radius 2 is 2.39 bits per heavy atom. The number of aromatic nitrogens is 4. The molecule has 7 nitrogen and oxygen atoms in total. The van der Waals surface area contributed by atoms with Crippen LogP contribution in [0.1, 0.15) is 29.4 Å². The first-order valence-corrected chi connectivity index (χ1v) is 8.90. The summed E-state index contributed by atoms with van der Waals surface area (Å²) in [5.74, 6) is 3.32. The number of thioether (sulfide) groups is 1. The third-order valence-corrected chi connectivity index (χ3v) is 4.81. The Labute approximate surface area is 139 Å². The van der Waals surface area contributed by atoms with Crippen LogP contribution in [0.15, 0.2) is 12.4 Å². The number of aryl methyl sites for hydroxylation is 1. The van der Waals surface area contributed by atoms with E-state index in [0.29, 0.717) is 11.9 Å². The van der Waals surface area contributed by atoms with Crippen LogP contribution in [-0.2, 0) is 10.5 Å². The molecule has 1 aliphatic heterocycles. The first-order chi connectivity index (χ1) is 11.2. The largest absolute Gasteiger partial charge is 0.381 e. The number of nitrogens with two attached hydrogens (primary N) is 1. The van der Waals surface area contributed by atoms with Crippen molar-refractivity contribution in [2.45, 2.75) is 25.0 Å². The lowest BCUT2D eigenvalue weighted by atomic mass is 10.0. The lowest BCUT2D eigenvalue weighted by Crippen LogP contribution is -2.11. The van der Waals surface area contributed by atoms with Gasteiger partial charge in [-0.15, -0.1) is 0 Å². The van der Waals surface area contributed by atoms with Crippen molar-refractivity contribution in [2.75, 3.05) is 36.6 Å². The van der Waals surface area contributed by atoms with Crippen LogP contribution in [-0.4, -0.2) is 45.4 Å². The second-order valence-electron chi connectivity index (χ2n) is 5.55. The number of anilines is 2. The smallest absolute Gasteiger partial charge is 0.222 e. The zero-order valence-corrected chi connectivity index (χ0v) is 14.0. The Morgan fingerprint density at radius 1 is 1.48 bits per heavy atom. The van der Waals surface area contributed by atoms with Gasteiger partial charge in [-0.3, -0.25) is 0 Å². The number of aromatic amines is 1. The maximum Gasteiger partial charge on any atom is 0.222 e. The Bertz CT molecular complexity index is 641. The second-order valence-corrected chi connectivity index (χ2v) is 6.66. The van der Waals surface area contributed by atoms with Gasteiger partial charge in [-0.2, -0.15) is 16.7 Å². The van der Waals surface area contributed by atoms with Crippen molar-refractivity contribution in [3.05, 3.63) is 29.5 Å². The monoisotopic (exact) mass is 334 g/mol. The van der Waals surface area contributed by atoms with Crippen LogP contribution >= 0.6 is 11.8 Å². The van der Waals surface area contributed by atoms with Crippen molar-refractivity contribution in [1.29, 1.82) is 0 Å². The average molecular weight is 334 g/mol. The second kappa shape index (κ2) is 7.65. The fourth-order valence-electron chi connectivity index (χ4n) is 2.51. The first kappa shape index (κ1) is 16.1. The third kappa shape index (κ3) is 4.35. The van der Waals surface area contributed by atoms with E-state index in [1.54, 1.807) is 6.33 Å². The summed E-state index contributed by atoms with van der Waals surface area (Å²) in [6, 6.07) is 1.98. The fraction of sp³-hybridized carbons (Fsp3) is 0.533. The van der Waals surface area contributed by atoms with Crippen molar-refractivity contribution in [3.8, 4) is 0 Å². The molecule has 3 heterocycles. The number of nitrogens with one attached hydrogen (secondary N) is 2. The maximum atomic E-state index is 5.82. The number of hydrogen-bond donors (Lipinski definition) is 3. The van der Waals surface area contributed by atoms with E-state index in [2.05, 4.69) is 25.3 Å². The van der Waals surface area contributed by atoms with E-state index in [1.807, 2.05) is 24.8 Å². The molecule has 8 heteroatoms. The molecule has 4 N–H and O–H groups in total. The zero-order chi connectivity index (χ0) is 16.1. The van der Waals surface area contributed by atoms with Gasteiger partial charge in [0.25, 0.3) is 0 Å². The highest BCUT2D eigenvalue weighted by atomic mass is 32.2. The number of nitrogen functional groups attached to an aromatic ring is 1. The van der Waals surface area contributed by atoms with Crippen LogP contribution in [0.3, 0.4) is 0 Å². The SMILES string of the molecule is Cc1[nH]cnc1CSCCNc1cc([C@H]2CCOC2)nc(N)n1. The predicted octanol–water partition coefficient (Wildman–Crippen LogP) is 1.94. The highest BCUT2D eigenvalue weighted by Gasteiger charge is 2.20. The number of rotatable bonds is 7. The van der Waals surface area contributed by atoms with E-state index >= 15 is 0 Å². The summed E-state index contributed by atoms with van der Waals surface area (Å²) >= 11 is 1.84. The predicted molar refractivity (Wildman–Crippen MR) is 92.6 cm³/mol. The van der Waals surface area contributed by atoms with Crippen LogP contribution in [0.4, 0.5) is 11.8 Å². The van der Waals surface area contributed by atoms with E-state index in [0.717, 1.165) is 60.6 Å². The molecule has 0 aromatic carbocycles. The molecule has 1 fully saturated rings. The summed E-state index contributed by atoms with van der Waals surface area (Å²) in [5, 5.41) is 3.32. The molecule has 0 bridgehead atoms. The van der Waals surface area contributed by atoms with Gasteiger partial charge in [0.2, 0.25) is 5.95 Å². The molecule has 124 valence electrons. The Kier molecular flexibility index (Phi) is 5.35.